The lowest BCUT2D eigenvalue weighted by atomic mass is 9.98. The third kappa shape index (κ3) is 3.00. The summed E-state index contributed by atoms with van der Waals surface area (Å²) in [4.78, 5) is 6.88. The van der Waals surface area contributed by atoms with Gasteiger partial charge in [-0.25, -0.2) is 4.98 Å². The van der Waals surface area contributed by atoms with Gasteiger partial charge in [0.15, 0.2) is 0 Å². The summed E-state index contributed by atoms with van der Waals surface area (Å²) in [5.74, 6) is 1.41. The van der Waals surface area contributed by atoms with Gasteiger partial charge in [0, 0.05) is 25.4 Å². The predicted molar refractivity (Wildman–Crippen MR) is 71.6 cm³/mol. The van der Waals surface area contributed by atoms with Crippen LogP contribution in [-0.2, 0) is 13.0 Å². The summed E-state index contributed by atoms with van der Waals surface area (Å²) in [7, 11) is 0. The summed E-state index contributed by atoms with van der Waals surface area (Å²) >= 11 is 0. The van der Waals surface area contributed by atoms with Crippen LogP contribution in [0.5, 0.6) is 0 Å². The molecule has 2 heterocycles. The molecule has 1 aromatic rings. The SMILES string of the molecule is CCc1cc(CO)cc(N2CCC(CO)CC2)n1. The first-order valence-corrected chi connectivity index (χ1v) is 6.73. The van der Waals surface area contributed by atoms with Crippen LogP contribution >= 0.6 is 0 Å². The summed E-state index contributed by atoms with van der Waals surface area (Å²) in [6, 6.07) is 3.93. The molecule has 0 aliphatic carbocycles. The maximum atomic E-state index is 9.28. The minimum atomic E-state index is 0.0651. The van der Waals surface area contributed by atoms with Crippen LogP contribution in [0.1, 0.15) is 31.0 Å². The van der Waals surface area contributed by atoms with Crippen molar-refractivity contribution in [3.8, 4) is 0 Å². The van der Waals surface area contributed by atoms with Crippen LogP contribution in [0.2, 0.25) is 0 Å². The first kappa shape index (κ1) is 13.3. The molecule has 18 heavy (non-hydrogen) atoms. The van der Waals surface area contributed by atoms with Crippen LogP contribution < -0.4 is 4.90 Å². The van der Waals surface area contributed by atoms with Gasteiger partial charge in [-0.15, -0.1) is 0 Å². The molecule has 1 aliphatic rings. The van der Waals surface area contributed by atoms with E-state index in [0.717, 1.165) is 49.4 Å². The number of aryl methyl sites for hydroxylation is 1. The van der Waals surface area contributed by atoms with Gasteiger partial charge in [0.05, 0.1) is 6.61 Å². The number of aromatic nitrogens is 1. The highest BCUT2D eigenvalue weighted by atomic mass is 16.3. The number of hydrogen-bond donors (Lipinski definition) is 2. The fraction of sp³-hybridized carbons (Fsp3) is 0.643. The number of piperidine rings is 1. The van der Waals surface area contributed by atoms with Crippen molar-refractivity contribution in [2.75, 3.05) is 24.6 Å². The van der Waals surface area contributed by atoms with Gasteiger partial charge in [-0.1, -0.05) is 6.92 Å². The second-order valence-corrected chi connectivity index (χ2v) is 4.95. The van der Waals surface area contributed by atoms with E-state index in [-0.39, 0.29) is 13.2 Å². The number of aliphatic hydroxyl groups is 2. The van der Waals surface area contributed by atoms with E-state index in [9.17, 15) is 5.11 Å². The lowest BCUT2D eigenvalue weighted by Gasteiger charge is -2.32. The van der Waals surface area contributed by atoms with Gasteiger partial charge in [0.25, 0.3) is 0 Å². The second-order valence-electron chi connectivity index (χ2n) is 4.95. The number of nitrogens with zero attached hydrogens (tertiary/aromatic N) is 2. The highest BCUT2D eigenvalue weighted by Gasteiger charge is 2.19. The predicted octanol–water partition coefficient (Wildman–Crippen LogP) is 1.34. The molecule has 0 radical (unpaired) electrons. The van der Waals surface area contributed by atoms with E-state index in [2.05, 4.69) is 16.8 Å². The smallest absolute Gasteiger partial charge is 0.129 e. The highest BCUT2D eigenvalue weighted by Crippen LogP contribution is 2.23. The Morgan fingerprint density at radius 3 is 2.56 bits per heavy atom. The minimum Gasteiger partial charge on any atom is -0.396 e. The molecule has 0 aromatic carbocycles. The van der Waals surface area contributed by atoms with Crippen LogP contribution in [0, 0.1) is 5.92 Å². The topological polar surface area (TPSA) is 56.6 Å². The molecular weight excluding hydrogens is 228 g/mol. The Bertz CT molecular complexity index is 365. The van der Waals surface area contributed by atoms with Crippen LogP contribution in [0.4, 0.5) is 5.82 Å². The summed E-state index contributed by atoms with van der Waals surface area (Å²) < 4.78 is 0. The first-order valence-electron chi connectivity index (χ1n) is 6.73. The van der Waals surface area contributed by atoms with Crippen molar-refractivity contribution in [2.45, 2.75) is 32.8 Å². The summed E-state index contributed by atoms with van der Waals surface area (Å²) in [5, 5.41) is 18.4. The molecular formula is C14H22N2O2. The summed E-state index contributed by atoms with van der Waals surface area (Å²) in [6.07, 6.45) is 2.92. The standard InChI is InChI=1S/C14H22N2O2/c1-2-13-7-12(10-18)8-14(15-13)16-5-3-11(9-17)4-6-16/h7-8,11,17-18H,2-6,9-10H2,1H3. The molecule has 2 rings (SSSR count). The largest absolute Gasteiger partial charge is 0.396 e. The van der Waals surface area contributed by atoms with Crippen LogP contribution in [0.25, 0.3) is 0 Å². The van der Waals surface area contributed by atoms with E-state index in [4.69, 9.17) is 5.11 Å². The normalized spacial score (nSPS) is 17.2. The molecule has 4 nitrogen and oxygen atoms in total. The van der Waals surface area contributed by atoms with Crippen molar-refractivity contribution >= 4 is 5.82 Å². The Balaban J connectivity index is 2.13. The van der Waals surface area contributed by atoms with Crippen LogP contribution in [-0.4, -0.2) is 34.9 Å². The molecule has 4 heteroatoms. The van der Waals surface area contributed by atoms with Crippen molar-refractivity contribution in [3.63, 3.8) is 0 Å². The van der Waals surface area contributed by atoms with Gasteiger partial charge in [-0.05, 0) is 42.9 Å². The average Bonchev–Trinajstić information content (AvgIpc) is 2.46. The Morgan fingerprint density at radius 1 is 1.28 bits per heavy atom. The first-order chi connectivity index (χ1) is 8.76. The quantitative estimate of drug-likeness (QED) is 0.847. The fourth-order valence-electron chi connectivity index (χ4n) is 2.41. The van der Waals surface area contributed by atoms with E-state index in [1.165, 1.54) is 0 Å². The zero-order valence-corrected chi connectivity index (χ0v) is 11.0. The van der Waals surface area contributed by atoms with Crippen molar-refractivity contribution in [2.24, 2.45) is 5.92 Å². The number of aliphatic hydroxyl groups excluding tert-OH is 2. The van der Waals surface area contributed by atoms with Gasteiger partial charge in [0.2, 0.25) is 0 Å². The molecule has 0 bridgehead atoms. The number of pyridine rings is 1. The molecule has 1 aromatic heterocycles. The molecule has 2 N–H and O–H groups in total. The van der Waals surface area contributed by atoms with Crippen molar-refractivity contribution in [1.29, 1.82) is 0 Å². The van der Waals surface area contributed by atoms with E-state index in [0.29, 0.717) is 5.92 Å². The van der Waals surface area contributed by atoms with Crippen molar-refractivity contribution in [3.05, 3.63) is 23.4 Å². The third-order valence-electron chi connectivity index (χ3n) is 3.67. The summed E-state index contributed by atoms with van der Waals surface area (Å²) in [6.45, 7) is 4.31. The zero-order valence-electron chi connectivity index (χ0n) is 11.0. The molecule has 1 saturated heterocycles. The van der Waals surface area contributed by atoms with E-state index < -0.39 is 0 Å². The van der Waals surface area contributed by atoms with Gasteiger partial charge >= 0.3 is 0 Å². The monoisotopic (exact) mass is 250 g/mol. The highest BCUT2D eigenvalue weighted by molar-refractivity contribution is 5.43. The molecule has 0 spiro atoms. The van der Waals surface area contributed by atoms with Crippen molar-refractivity contribution in [1.82, 2.24) is 4.98 Å². The maximum absolute atomic E-state index is 9.28. The molecule has 0 saturated carbocycles. The maximum Gasteiger partial charge on any atom is 0.129 e. The Hall–Kier alpha value is -1.13. The molecule has 0 atom stereocenters. The van der Waals surface area contributed by atoms with Gasteiger partial charge < -0.3 is 15.1 Å². The third-order valence-corrected chi connectivity index (χ3v) is 3.67. The van der Waals surface area contributed by atoms with Crippen molar-refractivity contribution < 1.29 is 10.2 Å². The van der Waals surface area contributed by atoms with Gasteiger partial charge in [-0.2, -0.15) is 0 Å². The minimum absolute atomic E-state index is 0.0651. The van der Waals surface area contributed by atoms with E-state index >= 15 is 0 Å². The Kier molecular flexibility index (Phi) is 4.55. The van der Waals surface area contributed by atoms with Gasteiger partial charge in [0.1, 0.15) is 5.82 Å². The van der Waals surface area contributed by atoms with Gasteiger partial charge in [-0.3, -0.25) is 0 Å². The average molecular weight is 250 g/mol. The summed E-state index contributed by atoms with van der Waals surface area (Å²) in [5.41, 5.74) is 1.96. The van der Waals surface area contributed by atoms with E-state index in [1.54, 1.807) is 0 Å². The number of rotatable bonds is 4. The number of hydrogen-bond acceptors (Lipinski definition) is 4. The zero-order chi connectivity index (χ0) is 13.0. The van der Waals surface area contributed by atoms with Crippen LogP contribution in [0.3, 0.4) is 0 Å². The fourth-order valence-corrected chi connectivity index (χ4v) is 2.41. The molecule has 1 fully saturated rings. The number of anilines is 1. The lowest BCUT2D eigenvalue weighted by Crippen LogP contribution is -2.35. The lowest BCUT2D eigenvalue weighted by molar-refractivity contribution is 0.202. The Labute approximate surface area is 108 Å². The molecule has 0 unspecified atom stereocenters. The van der Waals surface area contributed by atoms with E-state index in [1.807, 2.05) is 12.1 Å². The Morgan fingerprint density at radius 2 is 2.00 bits per heavy atom. The second kappa shape index (κ2) is 6.16. The molecule has 100 valence electrons. The van der Waals surface area contributed by atoms with Crippen LogP contribution in [0.15, 0.2) is 12.1 Å². The molecule has 1 aliphatic heterocycles. The molecule has 0 amide bonds.